The molecule has 31 heavy (non-hydrogen) atoms. The Balaban J connectivity index is 2.48. The van der Waals surface area contributed by atoms with Gasteiger partial charge in [-0.3, -0.25) is 20.0 Å². The molecule has 1 aromatic carbocycles. The molecule has 10 nitrogen and oxygen atoms in total. The summed E-state index contributed by atoms with van der Waals surface area (Å²) in [6.07, 6.45) is 4.04. The van der Waals surface area contributed by atoms with Crippen molar-refractivity contribution in [3.63, 3.8) is 0 Å². The van der Waals surface area contributed by atoms with E-state index in [9.17, 15) is 14.9 Å². The number of nitrogens with zero attached hydrogens (tertiary/aromatic N) is 4. The van der Waals surface area contributed by atoms with Crippen LogP contribution in [0, 0.1) is 14.9 Å². The number of nitrogens with one attached hydrogen (secondary N) is 1. The summed E-state index contributed by atoms with van der Waals surface area (Å²) in [5.41, 5.74) is -0.630. The van der Waals surface area contributed by atoms with Crippen molar-refractivity contribution in [2.45, 2.75) is 52.4 Å². The van der Waals surface area contributed by atoms with E-state index in [1.54, 1.807) is 6.07 Å². The van der Waals surface area contributed by atoms with Crippen molar-refractivity contribution in [1.82, 2.24) is 14.9 Å². The Labute approximate surface area is 185 Å². The molecule has 0 aliphatic heterocycles. The molecule has 0 saturated carbocycles. The number of nitro groups is 1. The second-order valence-electron chi connectivity index (χ2n) is 7.87. The minimum Gasteiger partial charge on any atom is -0.493 e. The van der Waals surface area contributed by atoms with E-state index in [0.29, 0.717) is 12.2 Å². The van der Waals surface area contributed by atoms with Gasteiger partial charge in [-0.2, -0.15) is 14.9 Å². The van der Waals surface area contributed by atoms with E-state index in [2.05, 4.69) is 22.2 Å². The van der Waals surface area contributed by atoms with Gasteiger partial charge >= 0.3 is 5.69 Å². The first kappa shape index (κ1) is 24.2. The van der Waals surface area contributed by atoms with Crippen molar-refractivity contribution in [2.75, 3.05) is 13.7 Å². The molecule has 1 heterocycles. The molecule has 0 aliphatic carbocycles. The predicted octanol–water partition coefficient (Wildman–Crippen LogP) is 3.97. The summed E-state index contributed by atoms with van der Waals surface area (Å²) < 4.78 is 11.9. The van der Waals surface area contributed by atoms with Crippen LogP contribution >= 0.6 is 12.2 Å². The smallest absolute Gasteiger partial charge is 0.315 e. The fourth-order valence-electron chi connectivity index (χ4n) is 2.75. The lowest BCUT2D eigenvalue weighted by molar-refractivity contribution is -0.386. The van der Waals surface area contributed by atoms with Crippen LogP contribution in [0.1, 0.15) is 58.2 Å². The van der Waals surface area contributed by atoms with Gasteiger partial charge in [0.05, 0.1) is 24.9 Å². The number of H-pyrrole nitrogens is 1. The van der Waals surface area contributed by atoms with Crippen LogP contribution in [0.2, 0.25) is 0 Å². The van der Waals surface area contributed by atoms with Gasteiger partial charge in [-0.05, 0) is 24.7 Å². The second kappa shape index (κ2) is 10.3. The number of aromatic nitrogens is 3. The van der Waals surface area contributed by atoms with Gasteiger partial charge < -0.3 is 9.47 Å². The normalized spacial score (nSPS) is 11.6. The average molecular weight is 450 g/mol. The van der Waals surface area contributed by atoms with E-state index >= 15 is 0 Å². The first-order valence-electron chi connectivity index (χ1n) is 9.86. The molecule has 0 bridgehead atoms. The number of unbranched alkanes of at least 4 members (excludes halogenated alkanes) is 2. The Morgan fingerprint density at radius 2 is 2.06 bits per heavy atom. The molecule has 0 spiro atoms. The molecule has 0 fully saturated rings. The van der Waals surface area contributed by atoms with Crippen LogP contribution < -0.4 is 15.0 Å². The molecule has 0 aliphatic rings. The highest BCUT2D eigenvalue weighted by molar-refractivity contribution is 7.71. The lowest BCUT2D eigenvalue weighted by atomic mass is 9.93. The summed E-state index contributed by atoms with van der Waals surface area (Å²) in [5, 5.41) is 22.4. The molecular weight excluding hydrogens is 422 g/mol. The number of ether oxygens (including phenoxy) is 2. The Morgan fingerprint density at radius 3 is 2.65 bits per heavy atom. The highest BCUT2D eigenvalue weighted by Crippen LogP contribution is 2.38. The lowest BCUT2D eigenvalue weighted by Crippen LogP contribution is -2.32. The van der Waals surface area contributed by atoms with E-state index in [-0.39, 0.29) is 27.7 Å². The monoisotopic (exact) mass is 449 g/mol. The van der Waals surface area contributed by atoms with Crippen molar-refractivity contribution in [2.24, 2.45) is 5.10 Å². The van der Waals surface area contributed by atoms with Gasteiger partial charge in [0, 0.05) is 17.0 Å². The molecular formula is C20H27N5O5S. The molecule has 0 radical (unpaired) electrons. The number of aromatic amines is 1. The number of methoxy groups -OCH3 is 1. The van der Waals surface area contributed by atoms with Gasteiger partial charge in [0.2, 0.25) is 10.5 Å². The van der Waals surface area contributed by atoms with Crippen molar-refractivity contribution in [1.29, 1.82) is 0 Å². The summed E-state index contributed by atoms with van der Waals surface area (Å²) in [7, 11) is 1.40. The number of nitro benzene ring substituents is 1. The number of hydrogen-bond acceptors (Lipinski definition) is 8. The van der Waals surface area contributed by atoms with E-state index in [1.807, 2.05) is 20.8 Å². The zero-order valence-electron chi connectivity index (χ0n) is 18.3. The summed E-state index contributed by atoms with van der Waals surface area (Å²) >= 11 is 5.12. The molecule has 1 aromatic heterocycles. The quantitative estimate of drug-likeness (QED) is 0.202. The fourth-order valence-corrected chi connectivity index (χ4v) is 2.93. The Hall–Kier alpha value is -3.08. The zero-order valence-corrected chi connectivity index (χ0v) is 19.1. The Bertz CT molecular complexity index is 1080. The summed E-state index contributed by atoms with van der Waals surface area (Å²) in [4.78, 5) is 23.8. The number of rotatable bonds is 9. The van der Waals surface area contributed by atoms with Crippen LogP contribution in [0.5, 0.6) is 11.5 Å². The highest BCUT2D eigenvalue weighted by Gasteiger charge is 2.23. The predicted molar refractivity (Wildman–Crippen MR) is 120 cm³/mol. The van der Waals surface area contributed by atoms with E-state index < -0.39 is 15.9 Å². The maximum atomic E-state index is 12.7. The van der Waals surface area contributed by atoms with E-state index in [1.165, 1.54) is 19.4 Å². The zero-order chi connectivity index (χ0) is 23.2. The van der Waals surface area contributed by atoms with Crippen molar-refractivity contribution in [3.05, 3.63) is 48.6 Å². The highest BCUT2D eigenvalue weighted by atomic mass is 32.1. The standard InChI is InChI=1S/C20H27N5O5S/c1-6-7-8-9-30-16-14(25(27)28)10-13(11-15(16)29-5)12-21-24-18(26)17(20(2,3)4)22-23-19(24)31/h10-12H,6-9H2,1-5H3,(H,23,31)/b21-12-. The molecule has 11 heteroatoms. The molecule has 168 valence electrons. The third-order valence-electron chi connectivity index (χ3n) is 4.35. The van der Waals surface area contributed by atoms with E-state index in [0.717, 1.165) is 23.9 Å². The molecule has 0 atom stereocenters. The minimum atomic E-state index is -0.544. The van der Waals surface area contributed by atoms with Crippen LogP contribution in [-0.4, -0.2) is 39.7 Å². The summed E-state index contributed by atoms with van der Waals surface area (Å²) in [6, 6.07) is 2.86. The van der Waals surface area contributed by atoms with Crippen LogP contribution in [-0.2, 0) is 5.41 Å². The van der Waals surface area contributed by atoms with Gasteiger partial charge in [0.1, 0.15) is 5.69 Å². The Morgan fingerprint density at radius 1 is 1.35 bits per heavy atom. The first-order valence-corrected chi connectivity index (χ1v) is 10.3. The Kier molecular flexibility index (Phi) is 8.03. The van der Waals surface area contributed by atoms with Gasteiger partial charge in [-0.1, -0.05) is 40.5 Å². The van der Waals surface area contributed by atoms with Gasteiger partial charge in [0.15, 0.2) is 5.75 Å². The third-order valence-corrected chi connectivity index (χ3v) is 4.62. The van der Waals surface area contributed by atoms with Gasteiger partial charge in [-0.15, -0.1) is 0 Å². The fraction of sp³-hybridized carbons (Fsp3) is 0.500. The topological polar surface area (TPSA) is 125 Å². The SMILES string of the molecule is CCCCCOc1c(OC)cc(/C=N\n2c(=S)[nH]nc(C(C)(C)C)c2=O)cc1[N+](=O)[O-]. The maximum absolute atomic E-state index is 12.7. The maximum Gasteiger partial charge on any atom is 0.315 e. The third kappa shape index (κ3) is 5.97. The van der Waals surface area contributed by atoms with Gasteiger partial charge in [-0.25, -0.2) is 0 Å². The minimum absolute atomic E-state index is 0.00610. The van der Waals surface area contributed by atoms with Crippen LogP contribution in [0.25, 0.3) is 0 Å². The van der Waals surface area contributed by atoms with Crippen LogP contribution in [0.15, 0.2) is 22.0 Å². The largest absolute Gasteiger partial charge is 0.493 e. The molecule has 0 saturated heterocycles. The molecule has 2 rings (SSSR count). The van der Waals surface area contributed by atoms with Crippen molar-refractivity contribution in [3.8, 4) is 11.5 Å². The first-order chi connectivity index (χ1) is 14.6. The molecule has 1 N–H and O–H groups in total. The number of hydrogen-bond donors (Lipinski definition) is 1. The lowest BCUT2D eigenvalue weighted by Gasteiger charge is -2.16. The van der Waals surface area contributed by atoms with Crippen LogP contribution in [0.3, 0.4) is 0 Å². The van der Waals surface area contributed by atoms with Crippen molar-refractivity contribution >= 4 is 24.1 Å². The van der Waals surface area contributed by atoms with Gasteiger partial charge in [0.25, 0.3) is 5.56 Å². The second-order valence-corrected chi connectivity index (χ2v) is 8.26. The van der Waals surface area contributed by atoms with Crippen molar-refractivity contribution < 1.29 is 14.4 Å². The molecule has 0 amide bonds. The molecule has 0 unspecified atom stereocenters. The summed E-state index contributed by atoms with van der Waals surface area (Å²) in [6.45, 7) is 7.93. The average Bonchev–Trinajstić information content (AvgIpc) is 2.69. The number of benzene rings is 1. The summed E-state index contributed by atoms with van der Waals surface area (Å²) in [5.74, 6) is 0.268. The van der Waals surface area contributed by atoms with Crippen LogP contribution in [0.4, 0.5) is 5.69 Å². The van der Waals surface area contributed by atoms with E-state index in [4.69, 9.17) is 21.7 Å². The molecule has 2 aromatic rings.